The zero-order valence-corrected chi connectivity index (χ0v) is 10.4. The number of hydrogen-bond acceptors (Lipinski definition) is 1. The molecule has 88 valence electrons. The molecule has 16 heavy (non-hydrogen) atoms. The maximum atomic E-state index is 10.3. The Bertz CT molecular complexity index is 333. The minimum Gasteiger partial charge on any atom is -0.385 e. The van der Waals surface area contributed by atoms with Gasteiger partial charge in [0.25, 0.3) is 0 Å². The summed E-state index contributed by atoms with van der Waals surface area (Å²) in [5.41, 5.74) is 1.84. The van der Waals surface area contributed by atoms with Crippen LogP contribution in [-0.2, 0) is 5.60 Å². The van der Waals surface area contributed by atoms with E-state index in [9.17, 15) is 5.11 Å². The van der Waals surface area contributed by atoms with Gasteiger partial charge < -0.3 is 5.11 Å². The van der Waals surface area contributed by atoms with E-state index in [1.807, 2.05) is 6.92 Å². The predicted molar refractivity (Wildman–Crippen MR) is 67.5 cm³/mol. The van der Waals surface area contributed by atoms with Crippen LogP contribution in [0, 0.1) is 0 Å². The Morgan fingerprint density at radius 2 is 1.88 bits per heavy atom. The van der Waals surface area contributed by atoms with E-state index in [4.69, 9.17) is 0 Å². The smallest absolute Gasteiger partial charge is 0.0868 e. The molecule has 1 atom stereocenters. The van der Waals surface area contributed by atoms with Crippen LogP contribution < -0.4 is 0 Å². The third-order valence-electron chi connectivity index (χ3n) is 3.85. The molecule has 2 rings (SSSR count). The van der Waals surface area contributed by atoms with E-state index in [0.717, 1.165) is 24.3 Å². The highest BCUT2D eigenvalue weighted by molar-refractivity contribution is 5.29. The van der Waals surface area contributed by atoms with Crippen LogP contribution in [0.15, 0.2) is 24.3 Å². The summed E-state index contributed by atoms with van der Waals surface area (Å²) in [6.45, 7) is 4.02. The lowest BCUT2D eigenvalue weighted by atomic mass is 9.79. The van der Waals surface area contributed by atoms with Gasteiger partial charge in [-0.1, -0.05) is 44.0 Å². The molecule has 1 heteroatoms. The van der Waals surface area contributed by atoms with Gasteiger partial charge in [-0.15, -0.1) is 0 Å². The molecule has 1 aromatic carbocycles. The molecule has 0 bridgehead atoms. The Labute approximate surface area is 98.5 Å². The predicted octanol–water partition coefficient (Wildman–Crippen LogP) is 3.96. The molecule has 0 aromatic heterocycles. The Kier molecular flexibility index (Phi) is 3.34. The van der Waals surface area contributed by atoms with Gasteiger partial charge in [0.2, 0.25) is 0 Å². The molecule has 0 saturated heterocycles. The summed E-state index contributed by atoms with van der Waals surface area (Å²) >= 11 is 0. The van der Waals surface area contributed by atoms with Gasteiger partial charge >= 0.3 is 0 Å². The van der Waals surface area contributed by atoms with Crippen LogP contribution in [-0.4, -0.2) is 5.11 Å². The van der Waals surface area contributed by atoms with E-state index in [1.54, 1.807) is 0 Å². The van der Waals surface area contributed by atoms with Crippen molar-refractivity contribution >= 4 is 0 Å². The van der Waals surface area contributed by atoms with Crippen LogP contribution in [0.2, 0.25) is 0 Å². The van der Waals surface area contributed by atoms with Gasteiger partial charge in [-0.05, 0) is 43.2 Å². The van der Waals surface area contributed by atoms with Crippen molar-refractivity contribution < 1.29 is 5.11 Å². The molecule has 1 N–H and O–H groups in total. The van der Waals surface area contributed by atoms with E-state index in [-0.39, 0.29) is 0 Å². The Morgan fingerprint density at radius 1 is 1.25 bits per heavy atom. The summed E-state index contributed by atoms with van der Waals surface area (Å²) in [7, 11) is 0. The van der Waals surface area contributed by atoms with Crippen molar-refractivity contribution in [2.24, 2.45) is 0 Å². The average molecular weight is 218 g/mol. The van der Waals surface area contributed by atoms with Crippen LogP contribution in [0.1, 0.15) is 63.0 Å². The summed E-state index contributed by atoms with van der Waals surface area (Å²) in [5.74, 6) is 0.783. The zero-order valence-electron chi connectivity index (χ0n) is 10.4. The largest absolute Gasteiger partial charge is 0.385 e. The fourth-order valence-electron chi connectivity index (χ4n) is 2.49. The van der Waals surface area contributed by atoms with Crippen molar-refractivity contribution in [1.29, 1.82) is 0 Å². The third kappa shape index (κ3) is 2.30. The maximum absolute atomic E-state index is 10.3. The third-order valence-corrected chi connectivity index (χ3v) is 3.85. The Balaban J connectivity index is 2.11. The minimum atomic E-state index is -0.660. The van der Waals surface area contributed by atoms with Crippen LogP contribution in [0.5, 0.6) is 0 Å². The summed E-state index contributed by atoms with van der Waals surface area (Å²) in [4.78, 5) is 0. The fourth-order valence-corrected chi connectivity index (χ4v) is 2.49. The van der Waals surface area contributed by atoms with Crippen LogP contribution in [0.4, 0.5) is 0 Å². The fraction of sp³-hybridized carbons (Fsp3) is 0.600. The molecule has 0 heterocycles. The second kappa shape index (κ2) is 4.58. The van der Waals surface area contributed by atoms with E-state index in [0.29, 0.717) is 0 Å². The molecular weight excluding hydrogens is 196 g/mol. The SMILES string of the molecule is CCCC(C)(O)c1ccc(C2CCC2)cc1. The summed E-state index contributed by atoms with van der Waals surface area (Å²) in [6.07, 6.45) is 5.89. The topological polar surface area (TPSA) is 20.2 Å². The molecule has 0 spiro atoms. The van der Waals surface area contributed by atoms with Gasteiger partial charge in [0.15, 0.2) is 0 Å². The molecule has 1 aliphatic rings. The van der Waals surface area contributed by atoms with Crippen LogP contribution >= 0.6 is 0 Å². The second-order valence-corrected chi connectivity index (χ2v) is 5.27. The van der Waals surface area contributed by atoms with Crippen LogP contribution in [0.25, 0.3) is 0 Å². The van der Waals surface area contributed by atoms with E-state index in [2.05, 4.69) is 31.2 Å². The standard InChI is InChI=1S/C15H22O/c1-3-11-15(2,16)14-9-7-13(8-10-14)12-5-4-6-12/h7-10,12,16H,3-6,11H2,1-2H3. The molecule has 0 radical (unpaired) electrons. The summed E-state index contributed by atoms with van der Waals surface area (Å²) in [6, 6.07) is 8.60. The van der Waals surface area contributed by atoms with Gasteiger partial charge in [-0.2, -0.15) is 0 Å². The highest BCUT2D eigenvalue weighted by Gasteiger charge is 2.23. The van der Waals surface area contributed by atoms with E-state index < -0.39 is 5.60 Å². The first-order valence-electron chi connectivity index (χ1n) is 6.46. The van der Waals surface area contributed by atoms with Crippen molar-refractivity contribution in [3.8, 4) is 0 Å². The van der Waals surface area contributed by atoms with Crippen molar-refractivity contribution in [2.45, 2.75) is 57.5 Å². The quantitative estimate of drug-likeness (QED) is 0.811. The lowest BCUT2D eigenvalue weighted by Gasteiger charge is -2.27. The van der Waals surface area contributed by atoms with E-state index in [1.165, 1.54) is 24.8 Å². The van der Waals surface area contributed by atoms with Crippen molar-refractivity contribution in [3.63, 3.8) is 0 Å². The number of hydrogen-bond donors (Lipinski definition) is 1. The summed E-state index contributed by atoms with van der Waals surface area (Å²) in [5, 5.41) is 10.3. The highest BCUT2D eigenvalue weighted by Crippen LogP contribution is 2.37. The molecular formula is C15H22O. The van der Waals surface area contributed by atoms with Gasteiger partial charge in [-0.3, -0.25) is 0 Å². The van der Waals surface area contributed by atoms with Crippen molar-refractivity contribution in [1.82, 2.24) is 0 Å². The summed E-state index contributed by atoms with van der Waals surface area (Å²) < 4.78 is 0. The molecule has 1 aliphatic carbocycles. The zero-order chi connectivity index (χ0) is 11.6. The molecule has 1 aromatic rings. The van der Waals surface area contributed by atoms with Gasteiger partial charge in [0.05, 0.1) is 5.60 Å². The lowest BCUT2D eigenvalue weighted by molar-refractivity contribution is 0.0469. The van der Waals surface area contributed by atoms with Crippen molar-refractivity contribution in [2.75, 3.05) is 0 Å². The minimum absolute atomic E-state index is 0.660. The first-order chi connectivity index (χ1) is 7.63. The molecule has 0 amide bonds. The number of aliphatic hydroxyl groups is 1. The maximum Gasteiger partial charge on any atom is 0.0868 e. The van der Waals surface area contributed by atoms with Gasteiger partial charge in [-0.25, -0.2) is 0 Å². The second-order valence-electron chi connectivity index (χ2n) is 5.27. The van der Waals surface area contributed by atoms with E-state index >= 15 is 0 Å². The van der Waals surface area contributed by atoms with Crippen molar-refractivity contribution in [3.05, 3.63) is 35.4 Å². The molecule has 1 fully saturated rings. The average Bonchev–Trinajstić information content (AvgIpc) is 2.16. The normalized spacial score (nSPS) is 20.2. The molecule has 0 aliphatic heterocycles. The van der Waals surface area contributed by atoms with Gasteiger partial charge in [0, 0.05) is 0 Å². The van der Waals surface area contributed by atoms with Crippen LogP contribution in [0.3, 0.4) is 0 Å². The Morgan fingerprint density at radius 3 is 2.31 bits per heavy atom. The Hall–Kier alpha value is -0.820. The first-order valence-corrected chi connectivity index (χ1v) is 6.46. The highest BCUT2D eigenvalue weighted by atomic mass is 16.3. The molecule has 1 saturated carbocycles. The first kappa shape index (κ1) is 11.7. The number of rotatable bonds is 4. The molecule has 1 unspecified atom stereocenters. The molecule has 1 nitrogen and oxygen atoms in total. The van der Waals surface area contributed by atoms with Gasteiger partial charge in [0.1, 0.15) is 0 Å². The lowest BCUT2D eigenvalue weighted by Crippen LogP contribution is -2.20. The monoisotopic (exact) mass is 218 g/mol. The number of benzene rings is 1.